The van der Waals surface area contributed by atoms with Gasteiger partial charge in [-0.2, -0.15) is 5.10 Å². The summed E-state index contributed by atoms with van der Waals surface area (Å²) in [6.45, 7) is 3.15. The SMILES string of the molecule is Cc1csc(CNC(=O)CCCn2cc(-c3ccc(Cl)cc3)cn2)n1. The Balaban J connectivity index is 1.43. The molecule has 25 heavy (non-hydrogen) atoms. The first-order valence-electron chi connectivity index (χ1n) is 8.06. The Hall–Kier alpha value is -2.18. The van der Waals surface area contributed by atoms with E-state index in [1.807, 2.05) is 53.6 Å². The molecule has 1 N–H and O–H groups in total. The van der Waals surface area contributed by atoms with Crippen molar-refractivity contribution in [2.75, 3.05) is 0 Å². The van der Waals surface area contributed by atoms with E-state index in [1.165, 1.54) is 0 Å². The molecule has 7 heteroatoms. The van der Waals surface area contributed by atoms with E-state index in [0.717, 1.165) is 33.3 Å². The molecule has 3 rings (SSSR count). The molecule has 130 valence electrons. The van der Waals surface area contributed by atoms with Gasteiger partial charge in [-0.1, -0.05) is 23.7 Å². The van der Waals surface area contributed by atoms with Crippen LogP contribution in [0.4, 0.5) is 0 Å². The van der Waals surface area contributed by atoms with Gasteiger partial charge < -0.3 is 5.32 Å². The predicted molar refractivity (Wildman–Crippen MR) is 101 cm³/mol. The van der Waals surface area contributed by atoms with E-state index >= 15 is 0 Å². The van der Waals surface area contributed by atoms with E-state index in [1.54, 1.807) is 11.3 Å². The Labute approximate surface area is 155 Å². The van der Waals surface area contributed by atoms with Crippen molar-refractivity contribution in [3.63, 3.8) is 0 Å². The molecule has 0 aliphatic carbocycles. The largest absolute Gasteiger partial charge is 0.350 e. The summed E-state index contributed by atoms with van der Waals surface area (Å²) in [5, 5.41) is 10.9. The zero-order valence-electron chi connectivity index (χ0n) is 13.9. The monoisotopic (exact) mass is 374 g/mol. The van der Waals surface area contributed by atoms with Gasteiger partial charge in [0.15, 0.2) is 0 Å². The van der Waals surface area contributed by atoms with Crippen LogP contribution in [-0.4, -0.2) is 20.7 Å². The number of amides is 1. The third-order valence-electron chi connectivity index (χ3n) is 3.71. The van der Waals surface area contributed by atoms with Crippen LogP contribution in [0.5, 0.6) is 0 Å². The number of hydrogen-bond donors (Lipinski definition) is 1. The predicted octanol–water partition coefficient (Wildman–Crippen LogP) is 4.07. The van der Waals surface area contributed by atoms with Crippen molar-refractivity contribution in [1.82, 2.24) is 20.1 Å². The minimum Gasteiger partial charge on any atom is -0.350 e. The first-order valence-corrected chi connectivity index (χ1v) is 9.32. The van der Waals surface area contributed by atoms with Crippen LogP contribution in [0.25, 0.3) is 11.1 Å². The van der Waals surface area contributed by atoms with Gasteiger partial charge in [0.25, 0.3) is 0 Å². The molecule has 2 heterocycles. The highest BCUT2D eigenvalue weighted by Crippen LogP contribution is 2.20. The second kappa shape index (κ2) is 8.27. The lowest BCUT2D eigenvalue weighted by Crippen LogP contribution is -2.22. The molecule has 0 saturated carbocycles. The number of benzene rings is 1. The third-order valence-corrected chi connectivity index (χ3v) is 4.92. The Morgan fingerprint density at radius 1 is 1.28 bits per heavy atom. The van der Waals surface area contributed by atoms with E-state index in [9.17, 15) is 4.79 Å². The maximum absolute atomic E-state index is 11.9. The lowest BCUT2D eigenvalue weighted by Gasteiger charge is -2.04. The van der Waals surface area contributed by atoms with E-state index in [2.05, 4.69) is 15.4 Å². The molecule has 0 radical (unpaired) electrons. The first kappa shape index (κ1) is 17.6. The molecular weight excluding hydrogens is 356 g/mol. The van der Waals surface area contributed by atoms with Gasteiger partial charge in [0.2, 0.25) is 5.91 Å². The standard InChI is InChI=1S/C18H19ClN4OS/c1-13-12-25-18(22-13)10-20-17(24)3-2-8-23-11-15(9-21-23)14-4-6-16(19)7-5-14/h4-7,9,11-12H,2-3,8,10H2,1H3,(H,20,24). The van der Waals surface area contributed by atoms with E-state index in [4.69, 9.17) is 11.6 Å². The number of carbonyl (C=O) groups excluding carboxylic acids is 1. The fourth-order valence-electron chi connectivity index (χ4n) is 2.43. The second-order valence-electron chi connectivity index (χ2n) is 5.76. The van der Waals surface area contributed by atoms with Crippen molar-refractivity contribution in [3.8, 4) is 11.1 Å². The number of aryl methyl sites for hydroxylation is 2. The third kappa shape index (κ3) is 5.14. The van der Waals surface area contributed by atoms with Crippen LogP contribution in [0.3, 0.4) is 0 Å². The Morgan fingerprint density at radius 2 is 2.08 bits per heavy atom. The molecule has 0 bridgehead atoms. The topological polar surface area (TPSA) is 59.8 Å². The van der Waals surface area contributed by atoms with Crippen LogP contribution in [0.2, 0.25) is 5.02 Å². The van der Waals surface area contributed by atoms with Gasteiger partial charge in [-0.3, -0.25) is 9.48 Å². The fraction of sp³-hybridized carbons (Fsp3) is 0.278. The van der Waals surface area contributed by atoms with Crippen molar-refractivity contribution in [2.24, 2.45) is 0 Å². The van der Waals surface area contributed by atoms with Gasteiger partial charge in [0, 0.05) is 40.8 Å². The van der Waals surface area contributed by atoms with Gasteiger partial charge in [-0.05, 0) is 31.0 Å². The molecule has 0 spiro atoms. The summed E-state index contributed by atoms with van der Waals surface area (Å²) in [5.74, 6) is 0.0398. The summed E-state index contributed by atoms with van der Waals surface area (Å²) in [5.41, 5.74) is 3.11. The molecular formula is C18H19ClN4OS. The molecule has 0 unspecified atom stereocenters. The van der Waals surface area contributed by atoms with E-state index in [-0.39, 0.29) is 5.91 Å². The Bertz CT molecular complexity index is 841. The molecule has 2 aromatic heterocycles. The molecule has 0 fully saturated rings. The van der Waals surface area contributed by atoms with Crippen LogP contribution >= 0.6 is 22.9 Å². The highest BCUT2D eigenvalue weighted by atomic mass is 35.5. The van der Waals surface area contributed by atoms with Gasteiger partial charge in [-0.25, -0.2) is 4.98 Å². The van der Waals surface area contributed by atoms with Crippen LogP contribution < -0.4 is 5.32 Å². The first-order chi connectivity index (χ1) is 12.1. The molecule has 1 aromatic carbocycles. The van der Waals surface area contributed by atoms with Gasteiger partial charge >= 0.3 is 0 Å². The van der Waals surface area contributed by atoms with E-state index in [0.29, 0.717) is 19.5 Å². The van der Waals surface area contributed by atoms with Crippen LogP contribution in [0.15, 0.2) is 42.0 Å². The normalized spacial score (nSPS) is 10.8. The smallest absolute Gasteiger partial charge is 0.220 e. The zero-order valence-corrected chi connectivity index (χ0v) is 15.5. The van der Waals surface area contributed by atoms with Crippen LogP contribution in [0.1, 0.15) is 23.5 Å². The van der Waals surface area contributed by atoms with Crippen LogP contribution in [-0.2, 0) is 17.9 Å². The summed E-state index contributed by atoms with van der Waals surface area (Å²) < 4.78 is 1.86. The highest BCUT2D eigenvalue weighted by Gasteiger charge is 2.05. The Morgan fingerprint density at radius 3 is 2.80 bits per heavy atom. The fourth-order valence-corrected chi connectivity index (χ4v) is 3.26. The van der Waals surface area contributed by atoms with Gasteiger partial charge in [0.1, 0.15) is 5.01 Å². The zero-order chi connectivity index (χ0) is 17.6. The summed E-state index contributed by atoms with van der Waals surface area (Å²) in [6.07, 6.45) is 5.03. The highest BCUT2D eigenvalue weighted by molar-refractivity contribution is 7.09. The molecule has 0 atom stereocenters. The molecule has 0 saturated heterocycles. The minimum absolute atomic E-state index is 0.0398. The molecule has 0 aliphatic rings. The number of aromatic nitrogens is 3. The van der Waals surface area contributed by atoms with Gasteiger partial charge in [-0.15, -0.1) is 11.3 Å². The van der Waals surface area contributed by atoms with Crippen molar-refractivity contribution in [3.05, 3.63) is 57.8 Å². The average Bonchev–Trinajstić information content (AvgIpc) is 3.23. The summed E-state index contributed by atoms with van der Waals surface area (Å²) in [7, 11) is 0. The lowest BCUT2D eigenvalue weighted by molar-refractivity contribution is -0.121. The van der Waals surface area contributed by atoms with Gasteiger partial charge in [0.05, 0.1) is 12.7 Å². The number of hydrogen-bond acceptors (Lipinski definition) is 4. The molecule has 3 aromatic rings. The number of halogens is 1. The summed E-state index contributed by atoms with van der Waals surface area (Å²) in [6, 6.07) is 7.67. The quantitative estimate of drug-likeness (QED) is 0.678. The number of nitrogens with one attached hydrogen (secondary N) is 1. The van der Waals surface area contributed by atoms with Crippen molar-refractivity contribution in [2.45, 2.75) is 32.9 Å². The van der Waals surface area contributed by atoms with Crippen LogP contribution in [0, 0.1) is 6.92 Å². The van der Waals surface area contributed by atoms with Crippen molar-refractivity contribution < 1.29 is 4.79 Å². The van der Waals surface area contributed by atoms with Crippen molar-refractivity contribution >= 4 is 28.8 Å². The lowest BCUT2D eigenvalue weighted by atomic mass is 10.1. The second-order valence-corrected chi connectivity index (χ2v) is 7.14. The number of thiazole rings is 1. The number of rotatable bonds is 7. The molecule has 5 nitrogen and oxygen atoms in total. The minimum atomic E-state index is 0.0398. The van der Waals surface area contributed by atoms with Crippen molar-refractivity contribution in [1.29, 1.82) is 0 Å². The summed E-state index contributed by atoms with van der Waals surface area (Å²) >= 11 is 7.47. The Kier molecular flexibility index (Phi) is 5.83. The molecule has 1 amide bonds. The summed E-state index contributed by atoms with van der Waals surface area (Å²) in [4.78, 5) is 16.2. The maximum atomic E-state index is 11.9. The molecule has 0 aliphatic heterocycles. The number of nitrogens with zero attached hydrogens (tertiary/aromatic N) is 3. The maximum Gasteiger partial charge on any atom is 0.220 e. The van der Waals surface area contributed by atoms with E-state index < -0.39 is 0 Å². The average molecular weight is 375 g/mol. The number of carbonyl (C=O) groups is 1.